The monoisotopic (exact) mass is 303 g/mol. The number of H-pyrrole nitrogens is 1. The Hall–Kier alpha value is -1.88. The maximum Gasteiger partial charge on any atom is 0.137 e. The van der Waals surface area contributed by atoms with Crippen LogP contribution < -0.4 is 4.74 Å². The van der Waals surface area contributed by atoms with Gasteiger partial charge in [0.15, 0.2) is 0 Å². The van der Waals surface area contributed by atoms with Crippen LogP contribution in [0.15, 0.2) is 30.6 Å². The van der Waals surface area contributed by atoms with Crippen molar-refractivity contribution >= 4 is 0 Å². The van der Waals surface area contributed by atoms with E-state index in [9.17, 15) is 5.11 Å². The number of ether oxygens (including phenoxy) is 1. The number of aryl methyl sites for hydroxylation is 1. The molecule has 22 heavy (non-hydrogen) atoms. The van der Waals surface area contributed by atoms with E-state index in [4.69, 9.17) is 4.74 Å². The largest absolute Gasteiger partial charge is 0.488 e. The highest BCUT2D eigenvalue weighted by atomic mass is 16.5. The van der Waals surface area contributed by atoms with E-state index in [2.05, 4.69) is 15.2 Å². The van der Waals surface area contributed by atoms with Crippen molar-refractivity contribution in [3.05, 3.63) is 42.0 Å². The van der Waals surface area contributed by atoms with E-state index >= 15 is 0 Å². The molecule has 2 unspecified atom stereocenters. The zero-order valence-corrected chi connectivity index (χ0v) is 13.9. The normalized spacial score (nSPS) is 16.1. The lowest BCUT2D eigenvalue weighted by Crippen LogP contribution is -2.55. The molecule has 0 fully saturated rings. The van der Waals surface area contributed by atoms with Gasteiger partial charge in [0.1, 0.15) is 29.6 Å². The maximum absolute atomic E-state index is 11.3. The first-order chi connectivity index (χ1) is 10.2. The fourth-order valence-corrected chi connectivity index (χ4v) is 2.51. The van der Waals surface area contributed by atoms with Gasteiger partial charge in [-0.05, 0) is 31.4 Å². The van der Waals surface area contributed by atoms with E-state index in [1.165, 1.54) is 11.9 Å². The molecule has 0 aliphatic heterocycles. The molecule has 5 nitrogen and oxygen atoms in total. The lowest BCUT2D eigenvalue weighted by atomic mass is 9.71. The van der Waals surface area contributed by atoms with Gasteiger partial charge in [0, 0.05) is 6.42 Å². The number of rotatable bonds is 5. The highest BCUT2D eigenvalue weighted by Gasteiger charge is 2.47. The summed E-state index contributed by atoms with van der Waals surface area (Å²) in [5, 5.41) is 18.0. The molecule has 1 aromatic carbocycles. The van der Waals surface area contributed by atoms with Crippen molar-refractivity contribution in [3.63, 3.8) is 0 Å². The molecule has 120 valence electrons. The van der Waals surface area contributed by atoms with E-state index in [0.29, 0.717) is 12.2 Å². The summed E-state index contributed by atoms with van der Waals surface area (Å²) in [6.07, 6.45) is 1.40. The quantitative estimate of drug-likeness (QED) is 0.891. The number of hydrogen-bond acceptors (Lipinski definition) is 4. The molecule has 0 aliphatic carbocycles. The van der Waals surface area contributed by atoms with Gasteiger partial charge >= 0.3 is 0 Å². The molecule has 0 bridgehead atoms. The highest BCUT2D eigenvalue weighted by molar-refractivity contribution is 5.27. The summed E-state index contributed by atoms with van der Waals surface area (Å²) in [5.74, 6) is 1.40. The SMILES string of the molecule is Cc1ccc(OC(C)C(O)(Cc2ncn[nH]2)C(C)(C)C)cc1. The highest BCUT2D eigenvalue weighted by Crippen LogP contribution is 2.37. The minimum Gasteiger partial charge on any atom is -0.488 e. The summed E-state index contributed by atoms with van der Waals surface area (Å²) < 4.78 is 6.00. The molecule has 0 spiro atoms. The van der Waals surface area contributed by atoms with Crippen molar-refractivity contribution in [2.75, 3.05) is 0 Å². The Kier molecular flexibility index (Phi) is 4.56. The van der Waals surface area contributed by atoms with Crippen LogP contribution in [0.4, 0.5) is 0 Å². The number of aliphatic hydroxyl groups is 1. The molecule has 0 saturated heterocycles. The molecule has 0 saturated carbocycles. The average Bonchev–Trinajstić information content (AvgIpc) is 2.92. The number of nitrogens with zero attached hydrogens (tertiary/aromatic N) is 2. The van der Waals surface area contributed by atoms with Crippen LogP contribution >= 0.6 is 0 Å². The molecule has 2 rings (SSSR count). The Labute approximate surface area is 131 Å². The molecule has 0 aliphatic rings. The fraction of sp³-hybridized carbons (Fsp3) is 0.529. The maximum atomic E-state index is 11.3. The average molecular weight is 303 g/mol. The third kappa shape index (κ3) is 3.47. The lowest BCUT2D eigenvalue weighted by molar-refractivity contribution is -0.126. The van der Waals surface area contributed by atoms with E-state index < -0.39 is 11.7 Å². The van der Waals surface area contributed by atoms with Crippen LogP contribution in [0.5, 0.6) is 5.75 Å². The Morgan fingerprint density at radius 3 is 2.36 bits per heavy atom. The van der Waals surface area contributed by atoms with Gasteiger partial charge in [0.05, 0.1) is 0 Å². The second-order valence-corrected chi connectivity index (χ2v) is 6.86. The minimum absolute atomic E-state index is 0.351. The molecule has 2 atom stereocenters. The molecular formula is C17H25N3O2. The predicted octanol–water partition coefficient (Wildman–Crippen LogP) is 2.90. The van der Waals surface area contributed by atoms with Gasteiger partial charge in [0.25, 0.3) is 0 Å². The summed E-state index contributed by atoms with van der Waals surface area (Å²) >= 11 is 0. The molecule has 0 radical (unpaired) electrons. The molecule has 2 aromatic rings. The Balaban J connectivity index is 2.22. The van der Waals surface area contributed by atoms with Gasteiger partial charge < -0.3 is 9.84 Å². The zero-order chi connectivity index (χ0) is 16.4. The van der Waals surface area contributed by atoms with Crippen LogP contribution in [0.1, 0.15) is 39.1 Å². The molecule has 0 amide bonds. The predicted molar refractivity (Wildman–Crippen MR) is 85.8 cm³/mol. The number of nitrogens with one attached hydrogen (secondary N) is 1. The van der Waals surface area contributed by atoms with Crippen LogP contribution in [0.2, 0.25) is 0 Å². The van der Waals surface area contributed by atoms with Crippen molar-refractivity contribution < 1.29 is 9.84 Å². The number of hydrogen-bond donors (Lipinski definition) is 2. The van der Waals surface area contributed by atoms with E-state index in [1.807, 2.05) is 58.9 Å². The zero-order valence-electron chi connectivity index (χ0n) is 13.9. The summed E-state index contributed by atoms with van der Waals surface area (Å²) in [4.78, 5) is 4.13. The van der Waals surface area contributed by atoms with Crippen LogP contribution in [0, 0.1) is 12.3 Å². The third-order valence-electron chi connectivity index (χ3n) is 4.21. The molecule has 1 aromatic heterocycles. The first kappa shape index (κ1) is 16.5. The van der Waals surface area contributed by atoms with Crippen LogP contribution in [0.25, 0.3) is 0 Å². The van der Waals surface area contributed by atoms with Gasteiger partial charge in [-0.1, -0.05) is 38.5 Å². The second-order valence-electron chi connectivity index (χ2n) is 6.86. The molecule has 5 heteroatoms. The minimum atomic E-state index is -1.09. The van der Waals surface area contributed by atoms with Gasteiger partial charge in [-0.15, -0.1) is 0 Å². The smallest absolute Gasteiger partial charge is 0.137 e. The fourth-order valence-electron chi connectivity index (χ4n) is 2.51. The van der Waals surface area contributed by atoms with Crippen LogP contribution in [-0.4, -0.2) is 32.0 Å². The molecular weight excluding hydrogens is 278 g/mol. The van der Waals surface area contributed by atoms with E-state index in [1.54, 1.807) is 0 Å². The summed E-state index contributed by atoms with van der Waals surface area (Å²) in [7, 11) is 0. The summed E-state index contributed by atoms with van der Waals surface area (Å²) in [5.41, 5.74) is -0.297. The van der Waals surface area contributed by atoms with Gasteiger partial charge in [-0.2, -0.15) is 5.10 Å². The van der Waals surface area contributed by atoms with Crippen LogP contribution in [-0.2, 0) is 6.42 Å². The van der Waals surface area contributed by atoms with Gasteiger partial charge in [0.2, 0.25) is 0 Å². The van der Waals surface area contributed by atoms with Gasteiger partial charge in [-0.25, -0.2) is 4.98 Å². The summed E-state index contributed by atoms with van der Waals surface area (Å²) in [6.45, 7) is 9.92. The van der Waals surface area contributed by atoms with Crippen molar-refractivity contribution in [2.24, 2.45) is 5.41 Å². The Morgan fingerprint density at radius 1 is 1.23 bits per heavy atom. The van der Waals surface area contributed by atoms with Crippen molar-refractivity contribution in [2.45, 2.75) is 52.7 Å². The lowest BCUT2D eigenvalue weighted by Gasteiger charge is -2.43. The number of benzene rings is 1. The van der Waals surface area contributed by atoms with Crippen molar-refractivity contribution in [1.29, 1.82) is 0 Å². The number of aromatic amines is 1. The third-order valence-corrected chi connectivity index (χ3v) is 4.21. The number of aromatic nitrogens is 3. The Bertz CT molecular complexity index is 587. The van der Waals surface area contributed by atoms with E-state index in [-0.39, 0.29) is 5.41 Å². The first-order valence-corrected chi connectivity index (χ1v) is 7.52. The molecule has 2 N–H and O–H groups in total. The standard InChI is InChI=1S/C17H25N3O2/c1-12-6-8-14(9-7-12)22-13(2)17(21,16(3,4)5)10-15-18-11-19-20-15/h6-9,11,13,21H,10H2,1-5H3,(H,18,19,20). The van der Waals surface area contributed by atoms with Crippen LogP contribution in [0.3, 0.4) is 0 Å². The first-order valence-electron chi connectivity index (χ1n) is 7.52. The van der Waals surface area contributed by atoms with Crippen molar-refractivity contribution in [1.82, 2.24) is 15.2 Å². The second kappa shape index (κ2) is 6.08. The van der Waals surface area contributed by atoms with Crippen molar-refractivity contribution in [3.8, 4) is 5.75 Å². The molecule has 1 heterocycles. The summed E-state index contributed by atoms with van der Waals surface area (Å²) in [6, 6.07) is 7.83. The topological polar surface area (TPSA) is 71.0 Å². The Morgan fingerprint density at radius 2 is 1.86 bits per heavy atom. The van der Waals surface area contributed by atoms with Gasteiger partial charge in [-0.3, -0.25) is 5.10 Å². The van der Waals surface area contributed by atoms with E-state index in [0.717, 1.165) is 5.75 Å².